The normalized spacial score (nSPS) is 12.1. The van der Waals surface area contributed by atoms with Crippen LogP contribution in [-0.4, -0.2) is 31.2 Å². The van der Waals surface area contributed by atoms with E-state index in [4.69, 9.17) is 9.47 Å². The van der Waals surface area contributed by atoms with E-state index in [2.05, 4.69) is 5.32 Å². The Balaban J connectivity index is 2.20. The summed E-state index contributed by atoms with van der Waals surface area (Å²) in [5, 5.41) is 3.52. The SMILES string of the molecule is CCOC(=O)C[C@H](NC(c1ccccc1)(c1ccccc1)c1ccccc1)C(=O)OCC. The molecule has 0 saturated heterocycles. The molecule has 32 heavy (non-hydrogen) atoms. The van der Waals surface area contributed by atoms with Gasteiger partial charge in [0.15, 0.2) is 0 Å². The molecule has 0 aliphatic heterocycles. The number of carbonyl (C=O) groups is 2. The van der Waals surface area contributed by atoms with E-state index in [-0.39, 0.29) is 19.6 Å². The Bertz CT molecular complexity index is 893. The third kappa shape index (κ3) is 5.24. The van der Waals surface area contributed by atoms with Gasteiger partial charge < -0.3 is 9.47 Å². The summed E-state index contributed by atoms with van der Waals surface area (Å²) in [6.45, 7) is 3.95. The van der Waals surface area contributed by atoms with Crippen molar-refractivity contribution in [2.45, 2.75) is 31.8 Å². The minimum absolute atomic E-state index is 0.138. The Morgan fingerprint density at radius 1 is 0.719 bits per heavy atom. The van der Waals surface area contributed by atoms with Crippen molar-refractivity contribution >= 4 is 11.9 Å². The number of esters is 2. The second-order valence-corrected chi connectivity index (χ2v) is 7.31. The lowest BCUT2D eigenvalue weighted by Crippen LogP contribution is -2.53. The molecule has 3 aromatic carbocycles. The molecule has 0 fully saturated rings. The van der Waals surface area contributed by atoms with Crippen LogP contribution in [0.4, 0.5) is 0 Å². The fourth-order valence-electron chi connectivity index (χ4n) is 3.90. The van der Waals surface area contributed by atoms with E-state index >= 15 is 0 Å². The van der Waals surface area contributed by atoms with E-state index in [1.807, 2.05) is 91.0 Å². The van der Waals surface area contributed by atoms with Crippen LogP contribution >= 0.6 is 0 Å². The molecular weight excluding hydrogens is 402 g/mol. The van der Waals surface area contributed by atoms with Crippen LogP contribution in [0.1, 0.15) is 37.0 Å². The van der Waals surface area contributed by atoms with E-state index in [1.165, 1.54) is 0 Å². The van der Waals surface area contributed by atoms with Crippen molar-refractivity contribution in [3.63, 3.8) is 0 Å². The van der Waals surface area contributed by atoms with Gasteiger partial charge in [0.2, 0.25) is 0 Å². The van der Waals surface area contributed by atoms with Gasteiger partial charge in [0.25, 0.3) is 0 Å². The summed E-state index contributed by atoms with van der Waals surface area (Å²) in [6.07, 6.45) is -0.138. The second kappa shape index (κ2) is 11.3. The Hall–Kier alpha value is -3.44. The molecule has 166 valence electrons. The highest BCUT2D eigenvalue weighted by atomic mass is 16.5. The molecule has 1 N–H and O–H groups in total. The van der Waals surface area contributed by atoms with Gasteiger partial charge >= 0.3 is 11.9 Å². The summed E-state index contributed by atoms with van der Waals surface area (Å²) in [7, 11) is 0. The molecule has 0 aliphatic carbocycles. The fraction of sp³-hybridized carbons (Fsp3) is 0.259. The zero-order valence-corrected chi connectivity index (χ0v) is 18.5. The first-order valence-corrected chi connectivity index (χ1v) is 10.9. The van der Waals surface area contributed by atoms with Crippen LogP contribution in [0.2, 0.25) is 0 Å². The van der Waals surface area contributed by atoms with Crippen molar-refractivity contribution < 1.29 is 19.1 Å². The second-order valence-electron chi connectivity index (χ2n) is 7.31. The Morgan fingerprint density at radius 3 is 1.50 bits per heavy atom. The first-order chi connectivity index (χ1) is 15.6. The smallest absolute Gasteiger partial charge is 0.323 e. The van der Waals surface area contributed by atoms with E-state index in [9.17, 15) is 9.59 Å². The molecule has 0 amide bonds. The number of hydrogen-bond acceptors (Lipinski definition) is 5. The molecule has 1 atom stereocenters. The van der Waals surface area contributed by atoms with Crippen molar-refractivity contribution in [3.05, 3.63) is 108 Å². The Kier molecular flexibility index (Phi) is 8.17. The van der Waals surface area contributed by atoms with Crippen molar-refractivity contribution in [2.24, 2.45) is 0 Å². The minimum Gasteiger partial charge on any atom is -0.466 e. The molecule has 0 bridgehead atoms. The maximum absolute atomic E-state index is 13.0. The van der Waals surface area contributed by atoms with Crippen molar-refractivity contribution in [1.29, 1.82) is 0 Å². The average Bonchev–Trinajstić information content (AvgIpc) is 2.84. The monoisotopic (exact) mass is 431 g/mol. The van der Waals surface area contributed by atoms with Crippen molar-refractivity contribution in [3.8, 4) is 0 Å². The van der Waals surface area contributed by atoms with Crippen LogP contribution < -0.4 is 5.32 Å². The molecule has 0 saturated carbocycles. The van der Waals surface area contributed by atoms with Gasteiger partial charge in [-0.2, -0.15) is 0 Å². The predicted octanol–water partition coefficient (Wildman–Crippen LogP) is 4.45. The summed E-state index contributed by atoms with van der Waals surface area (Å²) in [5.74, 6) is -0.950. The number of benzene rings is 3. The third-order valence-electron chi connectivity index (χ3n) is 5.26. The lowest BCUT2D eigenvalue weighted by Gasteiger charge is -2.39. The van der Waals surface area contributed by atoms with Crippen molar-refractivity contribution in [2.75, 3.05) is 13.2 Å². The number of ether oxygens (including phenoxy) is 2. The predicted molar refractivity (Wildman–Crippen MR) is 124 cm³/mol. The molecule has 0 spiro atoms. The van der Waals surface area contributed by atoms with Crippen LogP contribution in [0.15, 0.2) is 91.0 Å². The van der Waals surface area contributed by atoms with Crippen LogP contribution in [0.25, 0.3) is 0 Å². The molecular formula is C27H29NO4. The zero-order chi connectivity index (χ0) is 22.8. The summed E-state index contributed by atoms with van der Waals surface area (Å²) in [5.41, 5.74) is 1.93. The van der Waals surface area contributed by atoms with Gasteiger partial charge in [0.05, 0.1) is 25.2 Å². The zero-order valence-electron chi connectivity index (χ0n) is 18.5. The first kappa shape index (κ1) is 23.2. The lowest BCUT2D eigenvalue weighted by atomic mass is 9.76. The highest BCUT2D eigenvalue weighted by molar-refractivity contribution is 5.83. The summed E-state index contributed by atoms with van der Waals surface area (Å²) >= 11 is 0. The van der Waals surface area contributed by atoms with Crippen LogP contribution in [0.5, 0.6) is 0 Å². The Morgan fingerprint density at radius 2 is 1.12 bits per heavy atom. The van der Waals surface area contributed by atoms with Crippen LogP contribution in [-0.2, 0) is 24.6 Å². The minimum atomic E-state index is -0.908. The van der Waals surface area contributed by atoms with Gasteiger partial charge in [0.1, 0.15) is 6.04 Å². The molecule has 0 heterocycles. The molecule has 5 heteroatoms. The van der Waals surface area contributed by atoms with E-state index < -0.39 is 23.5 Å². The van der Waals surface area contributed by atoms with Gasteiger partial charge in [-0.3, -0.25) is 14.9 Å². The Labute approximate surface area is 189 Å². The molecule has 5 nitrogen and oxygen atoms in total. The van der Waals surface area contributed by atoms with Gasteiger partial charge in [-0.25, -0.2) is 0 Å². The topological polar surface area (TPSA) is 64.6 Å². The lowest BCUT2D eigenvalue weighted by molar-refractivity contribution is -0.152. The number of carbonyl (C=O) groups excluding carboxylic acids is 2. The highest BCUT2D eigenvalue weighted by Crippen LogP contribution is 2.37. The van der Waals surface area contributed by atoms with Gasteiger partial charge in [0, 0.05) is 0 Å². The molecule has 3 aromatic rings. The highest BCUT2D eigenvalue weighted by Gasteiger charge is 2.41. The molecule has 0 radical (unpaired) electrons. The molecule has 3 rings (SSSR count). The maximum Gasteiger partial charge on any atom is 0.323 e. The van der Waals surface area contributed by atoms with Crippen LogP contribution in [0.3, 0.4) is 0 Å². The number of rotatable bonds is 10. The summed E-state index contributed by atoms with van der Waals surface area (Å²) < 4.78 is 10.5. The average molecular weight is 432 g/mol. The summed E-state index contributed by atoms with van der Waals surface area (Å²) in [4.78, 5) is 25.3. The van der Waals surface area contributed by atoms with Gasteiger partial charge in [-0.05, 0) is 30.5 Å². The largest absolute Gasteiger partial charge is 0.466 e. The molecule has 0 aromatic heterocycles. The number of hydrogen-bond donors (Lipinski definition) is 1. The fourth-order valence-corrected chi connectivity index (χ4v) is 3.90. The van der Waals surface area contributed by atoms with E-state index in [0.717, 1.165) is 16.7 Å². The standard InChI is InChI=1S/C27H29NO4/c1-3-31-25(29)20-24(26(30)32-4-2)28-27(21-14-8-5-9-15-21,22-16-10-6-11-17-22)23-18-12-7-13-19-23/h5-19,24,28H,3-4,20H2,1-2H3/t24-/m0/s1. The third-order valence-corrected chi connectivity index (χ3v) is 5.26. The van der Waals surface area contributed by atoms with Crippen LogP contribution in [0, 0.1) is 0 Å². The van der Waals surface area contributed by atoms with E-state index in [0.29, 0.717) is 0 Å². The van der Waals surface area contributed by atoms with E-state index in [1.54, 1.807) is 13.8 Å². The maximum atomic E-state index is 13.0. The van der Waals surface area contributed by atoms with Crippen molar-refractivity contribution in [1.82, 2.24) is 5.32 Å². The number of nitrogens with one attached hydrogen (secondary N) is 1. The van der Waals surface area contributed by atoms with Gasteiger partial charge in [-0.15, -0.1) is 0 Å². The quantitative estimate of drug-likeness (QED) is 0.379. The first-order valence-electron chi connectivity index (χ1n) is 10.9. The van der Waals surface area contributed by atoms with Gasteiger partial charge in [-0.1, -0.05) is 91.0 Å². The molecule has 0 aliphatic rings. The summed E-state index contributed by atoms with van der Waals surface area (Å²) in [6, 6.07) is 28.8. The molecule has 0 unspecified atom stereocenters.